The molecule has 2 aliphatic heterocycles. The minimum atomic E-state index is 0. The van der Waals surface area contributed by atoms with Gasteiger partial charge in [-0.15, -0.1) is 0 Å². The summed E-state index contributed by atoms with van der Waals surface area (Å²) in [6, 6.07) is 0. The molecule has 92 valence electrons. The molecule has 1 aliphatic carbocycles. The Kier molecular flexibility index (Phi) is 4.44. The van der Waals surface area contributed by atoms with E-state index in [-0.39, 0.29) is 35.7 Å². The monoisotopic (exact) mass is 242 g/mol. The Morgan fingerprint density at radius 1 is 0.941 bits per heavy atom. The van der Waals surface area contributed by atoms with Crippen molar-refractivity contribution in [3.8, 4) is 0 Å². The van der Waals surface area contributed by atoms with E-state index in [0.29, 0.717) is 0 Å². The van der Waals surface area contributed by atoms with Gasteiger partial charge >= 0.3 is 29.6 Å². The van der Waals surface area contributed by atoms with E-state index < -0.39 is 0 Å². The van der Waals surface area contributed by atoms with Crippen molar-refractivity contribution in [3.05, 3.63) is 0 Å². The van der Waals surface area contributed by atoms with Crippen molar-refractivity contribution in [3.63, 3.8) is 0 Å². The first-order valence-corrected chi connectivity index (χ1v) is 7.83. The molecule has 0 amide bonds. The van der Waals surface area contributed by atoms with E-state index >= 15 is 0 Å². The van der Waals surface area contributed by atoms with Crippen LogP contribution >= 0.6 is 0 Å². The zero-order valence-corrected chi connectivity index (χ0v) is 14.3. The zero-order valence-electron chi connectivity index (χ0n) is 12.3. The quantitative estimate of drug-likeness (QED) is 0.570. The van der Waals surface area contributed by atoms with Crippen LogP contribution in [0.1, 0.15) is 52.4 Å². The van der Waals surface area contributed by atoms with Gasteiger partial charge in [0.25, 0.3) is 0 Å². The van der Waals surface area contributed by atoms with E-state index in [2.05, 4.69) is 13.8 Å². The van der Waals surface area contributed by atoms with Gasteiger partial charge in [-0.1, -0.05) is 69.6 Å². The second kappa shape index (κ2) is 5.21. The average Bonchev–Trinajstić information content (AvgIpc) is 2.74. The Morgan fingerprint density at radius 3 is 2.12 bits per heavy atom. The third-order valence-corrected chi connectivity index (χ3v) is 6.43. The van der Waals surface area contributed by atoms with Gasteiger partial charge in [-0.3, -0.25) is 0 Å². The Hall–Kier alpha value is 1.06. The third-order valence-electron chi connectivity index (χ3n) is 6.43. The molecule has 0 nitrogen and oxygen atoms in total. The van der Waals surface area contributed by atoms with Gasteiger partial charge in [-0.05, 0) is 0 Å². The molecule has 2 saturated heterocycles. The first kappa shape index (κ1) is 14.5. The molecule has 0 aromatic carbocycles. The third kappa shape index (κ3) is 2.82. The maximum absolute atomic E-state index is 2.51. The average molecular weight is 242 g/mol. The molecule has 2 spiro atoms. The van der Waals surface area contributed by atoms with Crippen LogP contribution in [0.4, 0.5) is 0 Å². The summed E-state index contributed by atoms with van der Waals surface area (Å²) in [5.74, 6) is 2.06. The predicted octanol–water partition coefficient (Wildman–Crippen LogP) is 2.08. The van der Waals surface area contributed by atoms with Crippen LogP contribution in [0.3, 0.4) is 0 Å². The van der Waals surface area contributed by atoms with Gasteiger partial charge in [0.05, 0.1) is 0 Å². The molecule has 2 atom stereocenters. The summed E-state index contributed by atoms with van der Waals surface area (Å²) in [6.07, 6.45) is 16.0. The molecule has 0 bridgehead atoms. The second-order valence-corrected chi connectivity index (χ2v) is 8.10. The maximum atomic E-state index is 2.51. The summed E-state index contributed by atoms with van der Waals surface area (Å²) in [7, 11) is 0. The topological polar surface area (TPSA) is 0 Å². The zero-order chi connectivity index (χ0) is 11.2. The van der Waals surface area contributed by atoms with Crippen LogP contribution in [0.25, 0.3) is 0 Å². The minimum Gasteiger partial charge on any atom is -0.178 e. The molecule has 3 fully saturated rings. The molecule has 2 unspecified atom stereocenters. The smallest absolute Gasteiger partial charge is 0.178 e. The molecule has 0 aromatic heterocycles. The van der Waals surface area contributed by atoms with E-state index in [9.17, 15) is 0 Å². The SMILES string of the molecule is CC1CC(C)C[B-]2(CCC3(CCCC3)C2)C1.[Na+]. The van der Waals surface area contributed by atoms with Crippen molar-refractivity contribution in [2.75, 3.05) is 0 Å². The summed E-state index contributed by atoms with van der Waals surface area (Å²) in [6.45, 7) is 5.03. The molecular formula is C15H28BNa. The van der Waals surface area contributed by atoms with E-state index in [0.717, 1.165) is 17.3 Å². The van der Waals surface area contributed by atoms with Crippen LogP contribution in [0.15, 0.2) is 0 Å². The number of hydrogen-bond donors (Lipinski definition) is 0. The fraction of sp³-hybridized carbons (Fsp3) is 1.00. The van der Waals surface area contributed by atoms with Gasteiger partial charge in [0, 0.05) is 6.15 Å². The van der Waals surface area contributed by atoms with Gasteiger partial charge < -0.3 is 0 Å². The van der Waals surface area contributed by atoms with E-state index in [1.165, 1.54) is 19.3 Å². The summed E-state index contributed by atoms with van der Waals surface area (Å²) in [5, 5.41) is 0. The van der Waals surface area contributed by atoms with Crippen LogP contribution in [0.5, 0.6) is 0 Å². The largest absolute Gasteiger partial charge is 1.00 e. The fourth-order valence-electron chi connectivity index (χ4n) is 6.40. The number of hydrogen-bond acceptors (Lipinski definition) is 0. The van der Waals surface area contributed by atoms with Crippen molar-refractivity contribution < 1.29 is 29.6 Å². The first-order valence-electron chi connectivity index (χ1n) is 7.83. The normalized spacial score (nSPS) is 44.1. The molecule has 0 radical (unpaired) electrons. The second-order valence-electron chi connectivity index (χ2n) is 8.10. The van der Waals surface area contributed by atoms with Crippen LogP contribution in [-0.2, 0) is 0 Å². The standard InChI is InChI=1S/C15H28B.Na/c1-13-9-14(2)11-16(10-13)8-7-15(12-16)5-3-4-6-15;/h13-14H,3-12H2,1-2H3;/q-1;+1. The molecule has 3 rings (SSSR count). The Labute approximate surface area is 130 Å². The molecular weight excluding hydrogens is 214 g/mol. The van der Waals surface area contributed by atoms with Crippen molar-refractivity contribution in [2.24, 2.45) is 17.3 Å². The maximum Gasteiger partial charge on any atom is 1.00 e. The summed E-state index contributed by atoms with van der Waals surface area (Å²) < 4.78 is 0. The van der Waals surface area contributed by atoms with Gasteiger partial charge in [0.1, 0.15) is 0 Å². The van der Waals surface area contributed by atoms with Crippen molar-refractivity contribution in [1.82, 2.24) is 0 Å². The van der Waals surface area contributed by atoms with E-state index in [1.807, 2.05) is 0 Å². The molecule has 2 heterocycles. The van der Waals surface area contributed by atoms with Crippen molar-refractivity contribution in [2.45, 2.75) is 77.7 Å². The summed E-state index contributed by atoms with van der Waals surface area (Å²) in [5.41, 5.74) is 0.858. The summed E-state index contributed by atoms with van der Waals surface area (Å²) >= 11 is 0. The predicted molar refractivity (Wildman–Crippen MR) is 73.4 cm³/mol. The van der Waals surface area contributed by atoms with Crippen LogP contribution < -0.4 is 29.6 Å². The first-order chi connectivity index (χ1) is 7.62. The van der Waals surface area contributed by atoms with Crippen LogP contribution in [0.2, 0.25) is 25.3 Å². The van der Waals surface area contributed by atoms with Gasteiger partial charge in [-0.2, -0.15) is 25.3 Å². The Bertz CT molecular complexity index is 260. The molecule has 1 saturated carbocycles. The Morgan fingerprint density at radius 2 is 1.53 bits per heavy atom. The molecule has 3 aliphatic rings. The molecule has 2 heteroatoms. The molecule has 17 heavy (non-hydrogen) atoms. The van der Waals surface area contributed by atoms with Gasteiger partial charge in [-0.25, -0.2) is 0 Å². The van der Waals surface area contributed by atoms with Gasteiger partial charge in [0.2, 0.25) is 0 Å². The van der Waals surface area contributed by atoms with E-state index in [1.54, 1.807) is 44.5 Å². The summed E-state index contributed by atoms with van der Waals surface area (Å²) in [4.78, 5) is 0. The molecule has 0 N–H and O–H groups in total. The minimum absolute atomic E-state index is 0. The van der Waals surface area contributed by atoms with Crippen molar-refractivity contribution in [1.29, 1.82) is 0 Å². The van der Waals surface area contributed by atoms with Gasteiger partial charge in [0.15, 0.2) is 0 Å². The molecule has 0 aromatic rings. The van der Waals surface area contributed by atoms with Crippen molar-refractivity contribution >= 4 is 6.15 Å². The number of rotatable bonds is 0. The van der Waals surface area contributed by atoms with E-state index in [4.69, 9.17) is 0 Å². The Balaban J connectivity index is 0.00000108. The van der Waals surface area contributed by atoms with Crippen LogP contribution in [0, 0.1) is 17.3 Å². The van der Waals surface area contributed by atoms with Crippen LogP contribution in [-0.4, -0.2) is 6.15 Å². The fourth-order valence-corrected chi connectivity index (χ4v) is 6.40.